The highest BCUT2D eigenvalue weighted by molar-refractivity contribution is 7.26. The van der Waals surface area contributed by atoms with E-state index in [2.05, 4.69) is 116 Å². The molecule has 4 aromatic carbocycles. The molecule has 0 amide bonds. The van der Waals surface area contributed by atoms with Crippen molar-refractivity contribution in [2.24, 2.45) is 7.05 Å². The highest BCUT2D eigenvalue weighted by Gasteiger charge is 2.22. The number of rotatable bonds is 2. The average molecular weight is 509 g/mol. The number of nitriles is 1. The summed E-state index contributed by atoms with van der Waals surface area (Å²) in [6.45, 7) is 6.60. The maximum absolute atomic E-state index is 9.97. The summed E-state index contributed by atoms with van der Waals surface area (Å²) in [5, 5.41) is 14.7. The van der Waals surface area contributed by atoms with Crippen LogP contribution in [0.5, 0.6) is 0 Å². The lowest BCUT2D eigenvalue weighted by atomic mass is 9.96. The molecule has 3 nitrogen and oxygen atoms in total. The third kappa shape index (κ3) is 3.16. The van der Waals surface area contributed by atoms with Gasteiger partial charge in [-0.15, -0.1) is 11.3 Å². The smallest absolute Gasteiger partial charge is 0.230 e. The Labute approximate surface area is 225 Å². The van der Waals surface area contributed by atoms with E-state index in [4.69, 9.17) is 0 Å². The molecule has 0 spiro atoms. The van der Waals surface area contributed by atoms with E-state index in [1.807, 2.05) is 23.5 Å². The van der Waals surface area contributed by atoms with Crippen molar-refractivity contribution in [1.29, 1.82) is 5.26 Å². The van der Waals surface area contributed by atoms with E-state index in [1.54, 1.807) is 0 Å². The molecule has 0 atom stereocenters. The molecule has 0 aliphatic rings. The molecule has 0 N–H and O–H groups in total. The van der Waals surface area contributed by atoms with Gasteiger partial charge >= 0.3 is 0 Å². The molecule has 3 heterocycles. The quantitative estimate of drug-likeness (QED) is 0.216. The van der Waals surface area contributed by atoms with Gasteiger partial charge in [0.25, 0.3) is 0 Å². The number of benzene rings is 4. The number of aromatic nitrogens is 2. The first-order chi connectivity index (χ1) is 18.5. The molecule has 0 saturated heterocycles. The van der Waals surface area contributed by atoms with Crippen molar-refractivity contribution in [3.8, 4) is 23.0 Å². The molecule has 3 aromatic heterocycles. The van der Waals surface area contributed by atoms with Crippen molar-refractivity contribution in [1.82, 2.24) is 4.57 Å². The molecule has 0 saturated carbocycles. The molecular weight excluding hydrogens is 482 g/mol. The number of aryl methyl sites for hydroxylation is 3. The normalized spacial score (nSPS) is 11.7. The van der Waals surface area contributed by atoms with Crippen LogP contribution in [0.25, 0.3) is 58.9 Å². The van der Waals surface area contributed by atoms with Crippen molar-refractivity contribution in [3.63, 3.8) is 0 Å². The van der Waals surface area contributed by atoms with E-state index in [1.165, 1.54) is 48.1 Å². The first kappa shape index (κ1) is 22.7. The fraction of sp³-hybridized carbons (Fsp3) is 0.118. The molecule has 0 bridgehead atoms. The number of para-hydroxylation sites is 2. The second-order valence-electron chi connectivity index (χ2n) is 10.2. The fourth-order valence-electron chi connectivity index (χ4n) is 5.98. The lowest BCUT2D eigenvalue weighted by Gasteiger charge is -2.10. The van der Waals surface area contributed by atoms with Gasteiger partial charge in [0.15, 0.2) is 6.20 Å². The van der Waals surface area contributed by atoms with Crippen LogP contribution in [0.2, 0.25) is 0 Å². The maximum Gasteiger partial charge on any atom is 0.230 e. The summed E-state index contributed by atoms with van der Waals surface area (Å²) < 4.78 is 7.07. The summed E-state index contributed by atoms with van der Waals surface area (Å²) in [6.07, 6.45) is 2.18. The molecule has 4 heteroatoms. The van der Waals surface area contributed by atoms with Gasteiger partial charge in [-0.1, -0.05) is 42.0 Å². The topological polar surface area (TPSA) is 32.6 Å². The van der Waals surface area contributed by atoms with Crippen LogP contribution in [0, 0.1) is 32.1 Å². The van der Waals surface area contributed by atoms with Crippen LogP contribution in [0.3, 0.4) is 0 Å². The van der Waals surface area contributed by atoms with Crippen molar-refractivity contribution < 1.29 is 4.57 Å². The third-order valence-corrected chi connectivity index (χ3v) is 9.08. The minimum Gasteiger partial charge on any atom is -0.308 e. The maximum atomic E-state index is 9.97. The van der Waals surface area contributed by atoms with Gasteiger partial charge in [0, 0.05) is 38.0 Å². The summed E-state index contributed by atoms with van der Waals surface area (Å²) >= 11 is 1.86. The highest BCUT2D eigenvalue weighted by Crippen LogP contribution is 2.41. The van der Waals surface area contributed by atoms with Crippen LogP contribution < -0.4 is 4.57 Å². The minimum absolute atomic E-state index is 0.688. The monoisotopic (exact) mass is 508 g/mol. The van der Waals surface area contributed by atoms with E-state index >= 15 is 0 Å². The van der Waals surface area contributed by atoms with Crippen LogP contribution in [0.15, 0.2) is 85.1 Å². The number of fused-ring (bicyclic) bond motifs is 6. The van der Waals surface area contributed by atoms with Crippen molar-refractivity contribution in [2.75, 3.05) is 0 Å². The predicted molar refractivity (Wildman–Crippen MR) is 159 cm³/mol. The lowest BCUT2D eigenvalue weighted by Crippen LogP contribution is -2.30. The van der Waals surface area contributed by atoms with Gasteiger partial charge in [-0.3, -0.25) is 0 Å². The standard InChI is InChI=1S/C34H26N3S/c1-20-16-21(2)22(3)28(17-20)33-34-27(14-15-36(33)4)29-18-24(12-13-31(29)38-34)37-30-11-6-5-9-25(30)26-10-7-8-23(19-35)32(26)37/h5-18H,1-4H3/q+1. The molecule has 0 unspecified atom stereocenters. The second kappa shape index (κ2) is 8.28. The van der Waals surface area contributed by atoms with Gasteiger partial charge in [-0.05, 0) is 68.3 Å². The molecule has 0 fully saturated rings. The number of nitrogens with zero attached hydrogens (tertiary/aromatic N) is 3. The number of pyridine rings is 1. The number of thiophene rings is 1. The van der Waals surface area contributed by atoms with Gasteiger partial charge in [0.05, 0.1) is 22.2 Å². The van der Waals surface area contributed by atoms with Crippen LogP contribution in [0.4, 0.5) is 0 Å². The minimum atomic E-state index is 0.688. The molecule has 0 aliphatic carbocycles. The van der Waals surface area contributed by atoms with Crippen LogP contribution in [-0.4, -0.2) is 4.57 Å². The summed E-state index contributed by atoms with van der Waals surface area (Å²) in [6, 6.07) is 30.4. The zero-order valence-corrected chi connectivity index (χ0v) is 22.6. The first-order valence-electron chi connectivity index (χ1n) is 12.8. The largest absolute Gasteiger partial charge is 0.308 e. The third-order valence-electron chi connectivity index (χ3n) is 7.88. The molecule has 7 aromatic rings. The van der Waals surface area contributed by atoms with Gasteiger partial charge in [0.2, 0.25) is 5.69 Å². The molecule has 0 aliphatic heterocycles. The van der Waals surface area contributed by atoms with E-state index < -0.39 is 0 Å². The summed E-state index contributed by atoms with van der Waals surface area (Å²) in [5.74, 6) is 0. The number of hydrogen-bond acceptors (Lipinski definition) is 2. The number of hydrogen-bond donors (Lipinski definition) is 0. The van der Waals surface area contributed by atoms with Gasteiger partial charge in [-0.25, -0.2) is 0 Å². The molecule has 182 valence electrons. The zero-order valence-electron chi connectivity index (χ0n) is 21.8. The molecule has 0 radical (unpaired) electrons. The summed E-state index contributed by atoms with van der Waals surface area (Å²) in [7, 11) is 2.14. The Bertz CT molecular complexity index is 2140. The lowest BCUT2D eigenvalue weighted by molar-refractivity contribution is -0.659. The molecular formula is C34H26N3S+. The van der Waals surface area contributed by atoms with Crippen LogP contribution in [-0.2, 0) is 7.05 Å². The van der Waals surface area contributed by atoms with Gasteiger partial charge in [-0.2, -0.15) is 9.83 Å². The van der Waals surface area contributed by atoms with E-state index in [0.717, 1.165) is 27.5 Å². The Hall–Kier alpha value is -4.46. The summed E-state index contributed by atoms with van der Waals surface area (Å²) in [5.41, 5.74) is 10.3. The SMILES string of the molecule is Cc1cc(C)c(C)c(-c2c3sc4ccc(-n5c6ccccc6c6cccc(C#N)c65)cc4c3cc[n+]2C)c1. The summed E-state index contributed by atoms with van der Waals surface area (Å²) in [4.78, 5) is 0. The van der Waals surface area contributed by atoms with E-state index in [-0.39, 0.29) is 0 Å². The molecule has 38 heavy (non-hydrogen) atoms. The Kier molecular flexibility index (Phi) is 4.95. The fourth-order valence-corrected chi connectivity index (χ4v) is 7.25. The van der Waals surface area contributed by atoms with Crippen molar-refractivity contribution >= 4 is 53.3 Å². The van der Waals surface area contributed by atoms with Gasteiger partial charge in [0.1, 0.15) is 17.8 Å². The Morgan fingerprint density at radius 1 is 0.816 bits per heavy atom. The van der Waals surface area contributed by atoms with Gasteiger partial charge < -0.3 is 4.57 Å². The first-order valence-corrected chi connectivity index (χ1v) is 13.6. The van der Waals surface area contributed by atoms with Crippen LogP contribution >= 0.6 is 11.3 Å². The highest BCUT2D eigenvalue weighted by atomic mass is 32.1. The van der Waals surface area contributed by atoms with E-state index in [9.17, 15) is 5.26 Å². The van der Waals surface area contributed by atoms with E-state index in [0.29, 0.717) is 5.56 Å². The molecule has 7 rings (SSSR count). The Morgan fingerprint density at radius 3 is 2.47 bits per heavy atom. The van der Waals surface area contributed by atoms with Crippen LogP contribution in [0.1, 0.15) is 22.3 Å². The average Bonchev–Trinajstić information content (AvgIpc) is 3.46. The Balaban J connectivity index is 1.56. The van der Waals surface area contributed by atoms with Crippen molar-refractivity contribution in [2.45, 2.75) is 20.8 Å². The predicted octanol–water partition coefficient (Wildman–Crippen LogP) is 8.44. The second-order valence-corrected chi connectivity index (χ2v) is 11.3. The Morgan fingerprint density at radius 2 is 1.63 bits per heavy atom. The zero-order chi connectivity index (χ0) is 26.1. The van der Waals surface area contributed by atoms with Crippen molar-refractivity contribution in [3.05, 3.63) is 107 Å².